The van der Waals surface area contributed by atoms with Crippen molar-refractivity contribution in [3.63, 3.8) is 0 Å². The number of carbonyl (C=O) groups is 4. The normalized spacial score (nSPS) is 32.3. The number of cyclic esters (lactones) is 1. The van der Waals surface area contributed by atoms with E-state index in [2.05, 4.69) is 12.2 Å². The highest BCUT2D eigenvalue weighted by Gasteiger charge is 2.71. The van der Waals surface area contributed by atoms with Gasteiger partial charge in [0.15, 0.2) is 0 Å². The van der Waals surface area contributed by atoms with E-state index < -0.39 is 47.7 Å². The molecule has 0 aromatic heterocycles. The van der Waals surface area contributed by atoms with Gasteiger partial charge in [0.05, 0.1) is 24.7 Å². The third-order valence-electron chi connectivity index (χ3n) is 9.89. The SMILES string of the molecule is CCCC(C)N1CC=C[C@]23O[C@@H]4/C=C\CCC(=O)N[C@H](COC)[C@@H](c5ccccc5)OC(=O)[C@@H]4[C@H]2C(=O)N(CCCCCO)[C@@H]3C1=O. The molecule has 1 aromatic carbocycles. The van der Waals surface area contributed by atoms with E-state index >= 15 is 0 Å². The number of amides is 3. The molecule has 2 fully saturated rings. The zero-order chi connectivity index (χ0) is 33.6. The van der Waals surface area contributed by atoms with E-state index in [0.717, 1.165) is 12.8 Å². The molecule has 47 heavy (non-hydrogen) atoms. The number of hydrogen-bond donors (Lipinski definition) is 2. The zero-order valence-electron chi connectivity index (χ0n) is 27.7. The summed E-state index contributed by atoms with van der Waals surface area (Å²) in [5, 5.41) is 12.3. The Morgan fingerprint density at radius 3 is 2.60 bits per heavy atom. The maximum absolute atomic E-state index is 14.6. The molecule has 4 aliphatic rings. The fourth-order valence-corrected chi connectivity index (χ4v) is 7.69. The lowest BCUT2D eigenvalue weighted by atomic mass is 9.77. The van der Waals surface area contributed by atoms with Crippen molar-refractivity contribution in [1.29, 1.82) is 0 Å². The number of allylic oxidation sites excluding steroid dienone is 1. The standard InChI is InChI=1S/C36H49N3O8/c1-4-14-24(2)38-21-13-19-36-30(33(42)39(32(36)34(38)43)20-11-6-12-22-40)29-27(47-36)17-9-10-18-28(41)37-26(23-45-3)31(46-35(29)44)25-15-7-5-8-16-25/h5,7-9,13,15-17,19,24,26-27,29-32,40H,4,6,10-12,14,18,20-23H2,1-3H3,(H,37,41)/b17-9-/t24?,26-,27-,29+,30+,31-,32-,36+/m1/s1. The number of ether oxygens (including phenoxy) is 3. The van der Waals surface area contributed by atoms with Crippen LogP contribution in [0.4, 0.5) is 0 Å². The highest BCUT2D eigenvalue weighted by molar-refractivity contribution is 5.99. The molecule has 0 radical (unpaired) electrons. The number of rotatable bonds is 11. The van der Waals surface area contributed by atoms with Crippen LogP contribution in [0.25, 0.3) is 0 Å². The minimum atomic E-state index is -1.38. The zero-order valence-corrected chi connectivity index (χ0v) is 27.7. The van der Waals surface area contributed by atoms with Gasteiger partial charge in [-0.15, -0.1) is 0 Å². The third-order valence-corrected chi connectivity index (χ3v) is 9.89. The molecular weight excluding hydrogens is 602 g/mol. The van der Waals surface area contributed by atoms with Crippen molar-refractivity contribution in [3.8, 4) is 0 Å². The van der Waals surface area contributed by atoms with Crippen molar-refractivity contribution in [3.05, 3.63) is 60.2 Å². The maximum atomic E-state index is 14.6. The number of likely N-dealkylation sites (tertiary alicyclic amines) is 1. The second kappa shape index (κ2) is 15.6. The van der Waals surface area contributed by atoms with Crippen LogP contribution in [0.1, 0.15) is 70.5 Å². The Morgan fingerprint density at radius 1 is 1.09 bits per heavy atom. The van der Waals surface area contributed by atoms with Crippen molar-refractivity contribution in [2.45, 2.75) is 94.7 Å². The van der Waals surface area contributed by atoms with Crippen LogP contribution in [0.15, 0.2) is 54.6 Å². The number of nitrogens with zero attached hydrogens (tertiary/aromatic N) is 2. The molecular formula is C36H49N3O8. The summed E-state index contributed by atoms with van der Waals surface area (Å²) in [5.41, 5.74) is -0.709. The molecule has 4 aliphatic heterocycles. The first-order valence-corrected chi connectivity index (χ1v) is 17.0. The molecule has 11 heteroatoms. The quantitative estimate of drug-likeness (QED) is 0.212. The molecule has 5 rings (SSSR count). The van der Waals surface area contributed by atoms with Gasteiger partial charge in [-0.2, -0.15) is 0 Å². The Balaban J connectivity index is 1.58. The first-order valence-electron chi connectivity index (χ1n) is 17.0. The summed E-state index contributed by atoms with van der Waals surface area (Å²) < 4.78 is 18.6. The van der Waals surface area contributed by atoms with Crippen molar-refractivity contribution in [2.24, 2.45) is 11.8 Å². The number of nitrogens with one attached hydrogen (secondary N) is 1. The summed E-state index contributed by atoms with van der Waals surface area (Å²) in [4.78, 5) is 60.0. The number of esters is 1. The Hall–Kier alpha value is -3.54. The topological polar surface area (TPSA) is 135 Å². The number of methoxy groups -OCH3 is 1. The van der Waals surface area contributed by atoms with Crippen LogP contribution >= 0.6 is 0 Å². The maximum Gasteiger partial charge on any atom is 0.313 e. The van der Waals surface area contributed by atoms with Gasteiger partial charge in [0.2, 0.25) is 17.7 Å². The molecule has 0 bridgehead atoms. The second-order valence-electron chi connectivity index (χ2n) is 13.1. The van der Waals surface area contributed by atoms with Gasteiger partial charge in [0, 0.05) is 39.3 Å². The molecule has 4 heterocycles. The van der Waals surface area contributed by atoms with Crippen LogP contribution < -0.4 is 5.32 Å². The molecule has 11 nitrogen and oxygen atoms in total. The predicted molar refractivity (Wildman–Crippen MR) is 174 cm³/mol. The lowest BCUT2D eigenvalue weighted by molar-refractivity contribution is -0.162. The fraction of sp³-hybridized carbons (Fsp3) is 0.611. The Bertz CT molecular complexity index is 1330. The lowest BCUT2D eigenvalue weighted by Gasteiger charge is -2.37. The fourth-order valence-electron chi connectivity index (χ4n) is 7.69. The van der Waals surface area contributed by atoms with E-state index in [4.69, 9.17) is 14.2 Å². The minimum absolute atomic E-state index is 0.0477. The molecule has 2 saturated heterocycles. The third kappa shape index (κ3) is 7.03. The van der Waals surface area contributed by atoms with Crippen molar-refractivity contribution in [1.82, 2.24) is 15.1 Å². The second-order valence-corrected chi connectivity index (χ2v) is 13.1. The molecule has 0 saturated carbocycles. The monoisotopic (exact) mass is 651 g/mol. The Labute approximate surface area is 277 Å². The number of unbranched alkanes of at least 4 members (excludes halogenated alkanes) is 2. The number of fused-ring (bicyclic) bond motifs is 2. The number of carbonyl (C=O) groups excluding carboxylic acids is 4. The number of hydrogen-bond acceptors (Lipinski definition) is 8. The van der Waals surface area contributed by atoms with Gasteiger partial charge < -0.3 is 34.4 Å². The van der Waals surface area contributed by atoms with Crippen molar-refractivity contribution >= 4 is 23.7 Å². The van der Waals surface area contributed by atoms with Gasteiger partial charge in [0.25, 0.3) is 0 Å². The summed E-state index contributed by atoms with van der Waals surface area (Å²) in [6.45, 7) is 4.91. The summed E-state index contributed by atoms with van der Waals surface area (Å²) in [7, 11) is 1.52. The summed E-state index contributed by atoms with van der Waals surface area (Å²) >= 11 is 0. The van der Waals surface area contributed by atoms with E-state index in [1.165, 1.54) is 7.11 Å². The van der Waals surface area contributed by atoms with E-state index in [0.29, 0.717) is 44.3 Å². The average Bonchev–Trinajstić information content (AvgIpc) is 3.44. The van der Waals surface area contributed by atoms with Gasteiger partial charge in [-0.05, 0) is 44.6 Å². The van der Waals surface area contributed by atoms with Crippen molar-refractivity contribution in [2.75, 3.05) is 33.4 Å². The van der Waals surface area contributed by atoms with Crippen LogP contribution in [0.5, 0.6) is 0 Å². The highest BCUT2D eigenvalue weighted by Crippen LogP contribution is 2.53. The van der Waals surface area contributed by atoms with Gasteiger partial charge >= 0.3 is 5.97 Å². The summed E-state index contributed by atoms with van der Waals surface area (Å²) in [5.74, 6) is -3.39. The van der Waals surface area contributed by atoms with Crippen LogP contribution in [0.3, 0.4) is 0 Å². The van der Waals surface area contributed by atoms with E-state index in [1.807, 2.05) is 54.3 Å². The van der Waals surface area contributed by atoms with Crippen molar-refractivity contribution < 1.29 is 38.5 Å². The molecule has 8 atom stereocenters. The summed E-state index contributed by atoms with van der Waals surface area (Å²) in [6, 6.07) is 7.48. The molecule has 3 amide bonds. The molecule has 1 aromatic rings. The first kappa shape index (κ1) is 34.8. The van der Waals surface area contributed by atoms with Crippen LogP contribution in [-0.2, 0) is 33.4 Å². The average molecular weight is 652 g/mol. The Kier molecular flexibility index (Phi) is 11.5. The number of aliphatic hydroxyl groups excluding tert-OH is 1. The highest BCUT2D eigenvalue weighted by atomic mass is 16.6. The number of aliphatic hydroxyl groups is 1. The predicted octanol–water partition coefficient (Wildman–Crippen LogP) is 3.08. The minimum Gasteiger partial charge on any atom is -0.455 e. The molecule has 256 valence electrons. The Morgan fingerprint density at radius 2 is 1.87 bits per heavy atom. The largest absolute Gasteiger partial charge is 0.455 e. The van der Waals surface area contributed by atoms with Gasteiger partial charge in [-0.3, -0.25) is 19.2 Å². The lowest BCUT2D eigenvalue weighted by Crippen LogP contribution is -2.56. The molecule has 1 spiro atoms. The van der Waals surface area contributed by atoms with Crippen LogP contribution in [0, 0.1) is 11.8 Å². The molecule has 1 unspecified atom stereocenters. The van der Waals surface area contributed by atoms with Crippen LogP contribution in [0.2, 0.25) is 0 Å². The van der Waals surface area contributed by atoms with E-state index in [1.54, 1.807) is 17.1 Å². The first-order chi connectivity index (χ1) is 22.8. The molecule has 2 N–H and O–H groups in total. The molecule has 0 aliphatic carbocycles. The van der Waals surface area contributed by atoms with Gasteiger partial charge in [0.1, 0.15) is 23.7 Å². The summed E-state index contributed by atoms with van der Waals surface area (Å²) in [6.07, 6.45) is 9.71. The van der Waals surface area contributed by atoms with E-state index in [-0.39, 0.29) is 43.4 Å². The van der Waals surface area contributed by atoms with E-state index in [9.17, 15) is 24.3 Å². The van der Waals surface area contributed by atoms with Gasteiger partial charge in [-0.1, -0.05) is 68.0 Å². The number of benzene rings is 1. The van der Waals surface area contributed by atoms with Gasteiger partial charge in [-0.25, -0.2) is 0 Å². The smallest absolute Gasteiger partial charge is 0.313 e. The van der Waals surface area contributed by atoms with Crippen LogP contribution in [-0.4, -0.2) is 102 Å².